The summed E-state index contributed by atoms with van der Waals surface area (Å²) in [6, 6.07) is 10.4. The van der Waals surface area contributed by atoms with Gasteiger partial charge in [-0.25, -0.2) is 0 Å². The number of hydrogen-bond donors (Lipinski definition) is 1. The lowest BCUT2D eigenvalue weighted by Crippen LogP contribution is -2.01. The van der Waals surface area contributed by atoms with Crippen LogP contribution in [0.15, 0.2) is 30.3 Å². The maximum Gasteiger partial charge on any atom is 0.119 e. The highest BCUT2D eigenvalue weighted by atomic mass is 31.2. The monoisotopic (exact) mass is 358 g/mol. The molecule has 2 nitrogen and oxygen atoms in total. The Bertz CT molecular complexity index is 777. The van der Waals surface area contributed by atoms with Crippen LogP contribution in [0.25, 0.3) is 0 Å². The van der Waals surface area contributed by atoms with Crippen molar-refractivity contribution in [2.75, 3.05) is 19.5 Å². The molecule has 0 aliphatic heterocycles. The lowest BCUT2D eigenvalue weighted by molar-refractivity contribution is 0.464. The molecule has 0 unspecified atom stereocenters. The van der Waals surface area contributed by atoms with E-state index in [-0.39, 0.29) is 0 Å². The smallest absolute Gasteiger partial charge is 0.119 e. The summed E-state index contributed by atoms with van der Waals surface area (Å²) in [5, 5.41) is 10.0. The van der Waals surface area contributed by atoms with Crippen LogP contribution in [0.4, 0.5) is 0 Å². The molecule has 2 aromatic rings. The Hall–Kier alpha value is -1.53. The van der Waals surface area contributed by atoms with E-state index < -0.39 is 7.14 Å². The number of benzene rings is 2. The molecule has 0 aliphatic rings. The second kappa shape index (κ2) is 7.79. The Balaban J connectivity index is 2.26. The van der Waals surface area contributed by atoms with E-state index >= 15 is 0 Å². The first-order chi connectivity index (χ1) is 11.6. The maximum atomic E-state index is 12.0. The van der Waals surface area contributed by atoms with E-state index in [0.29, 0.717) is 11.7 Å². The summed E-state index contributed by atoms with van der Waals surface area (Å²) in [7, 11) is -1.97. The predicted molar refractivity (Wildman–Crippen MR) is 109 cm³/mol. The fourth-order valence-electron chi connectivity index (χ4n) is 3.29. The van der Waals surface area contributed by atoms with Crippen molar-refractivity contribution >= 4 is 7.14 Å². The summed E-state index contributed by atoms with van der Waals surface area (Å²) in [6.07, 6.45) is 2.52. The molecular weight excluding hydrogens is 327 g/mol. The predicted octanol–water partition coefficient (Wildman–Crippen LogP) is 5.89. The Kier molecular flexibility index (Phi) is 6.16. The molecule has 0 spiro atoms. The van der Waals surface area contributed by atoms with Gasteiger partial charge in [0, 0.05) is 6.16 Å². The highest BCUT2D eigenvalue weighted by Crippen LogP contribution is 2.36. The minimum atomic E-state index is -1.97. The van der Waals surface area contributed by atoms with Crippen LogP contribution in [0.5, 0.6) is 5.75 Å². The number of hydrogen-bond acceptors (Lipinski definition) is 2. The molecule has 2 rings (SSSR count). The van der Waals surface area contributed by atoms with E-state index in [1.165, 1.54) is 27.8 Å². The summed E-state index contributed by atoms with van der Waals surface area (Å²) < 4.78 is 12.0. The topological polar surface area (TPSA) is 37.3 Å². The fraction of sp³-hybridized carbons (Fsp3) is 0.455. The molecule has 0 bridgehead atoms. The number of aryl methyl sites for hydroxylation is 3. The number of aromatic hydroxyl groups is 1. The second-order valence-electron chi connectivity index (χ2n) is 7.98. The first-order valence-corrected chi connectivity index (χ1v) is 11.8. The van der Waals surface area contributed by atoms with Gasteiger partial charge in [0.05, 0.1) is 7.14 Å². The highest BCUT2D eigenvalue weighted by Gasteiger charge is 2.12. The van der Waals surface area contributed by atoms with Crippen molar-refractivity contribution in [1.82, 2.24) is 0 Å². The van der Waals surface area contributed by atoms with Gasteiger partial charge in [0.25, 0.3) is 0 Å². The first kappa shape index (κ1) is 19.8. The fourth-order valence-corrected chi connectivity index (χ4v) is 4.08. The lowest BCUT2D eigenvalue weighted by Gasteiger charge is -2.15. The molecule has 0 radical (unpaired) electrons. The van der Waals surface area contributed by atoms with Crippen LogP contribution in [-0.4, -0.2) is 24.6 Å². The summed E-state index contributed by atoms with van der Waals surface area (Å²) in [4.78, 5) is 0. The van der Waals surface area contributed by atoms with Crippen molar-refractivity contribution in [3.8, 4) is 5.75 Å². The van der Waals surface area contributed by atoms with Crippen LogP contribution in [0.3, 0.4) is 0 Å². The molecule has 25 heavy (non-hydrogen) atoms. The van der Waals surface area contributed by atoms with Crippen molar-refractivity contribution in [2.45, 2.75) is 46.5 Å². The van der Waals surface area contributed by atoms with Gasteiger partial charge in [-0.1, -0.05) is 38.1 Å². The molecule has 0 saturated heterocycles. The van der Waals surface area contributed by atoms with Crippen LogP contribution < -0.4 is 0 Å². The Morgan fingerprint density at radius 1 is 1.00 bits per heavy atom. The van der Waals surface area contributed by atoms with Gasteiger partial charge < -0.3 is 9.67 Å². The number of rotatable bonds is 6. The Morgan fingerprint density at radius 3 is 2.12 bits per heavy atom. The molecule has 0 atom stereocenters. The van der Waals surface area contributed by atoms with Crippen LogP contribution in [0.2, 0.25) is 0 Å². The van der Waals surface area contributed by atoms with Gasteiger partial charge in [-0.2, -0.15) is 0 Å². The zero-order chi connectivity index (χ0) is 18.8. The average molecular weight is 358 g/mol. The Labute approximate surface area is 152 Å². The molecule has 0 amide bonds. The zero-order valence-corrected chi connectivity index (χ0v) is 17.3. The zero-order valence-electron chi connectivity index (χ0n) is 16.4. The molecule has 0 aliphatic carbocycles. The minimum Gasteiger partial charge on any atom is -0.508 e. The van der Waals surface area contributed by atoms with E-state index in [1.54, 1.807) is 0 Å². The lowest BCUT2D eigenvalue weighted by atomic mass is 9.91. The van der Waals surface area contributed by atoms with Crippen molar-refractivity contribution in [1.29, 1.82) is 0 Å². The van der Waals surface area contributed by atoms with Crippen LogP contribution in [0, 0.1) is 13.8 Å². The second-order valence-corrected chi connectivity index (χ2v) is 11.6. The van der Waals surface area contributed by atoms with Crippen LogP contribution in [-0.2, 0) is 17.4 Å². The quantitative estimate of drug-likeness (QED) is 0.654. The molecule has 2 aromatic carbocycles. The molecule has 136 valence electrons. The van der Waals surface area contributed by atoms with Crippen molar-refractivity contribution in [3.05, 3.63) is 63.7 Å². The first-order valence-electron chi connectivity index (χ1n) is 9.01. The molecule has 1 N–H and O–H groups in total. The molecule has 0 aromatic heterocycles. The third-order valence-electron chi connectivity index (χ3n) is 4.79. The van der Waals surface area contributed by atoms with Gasteiger partial charge in [0.1, 0.15) is 5.75 Å². The number of phenolic OH excluding ortho intramolecular Hbond substituents is 1. The molecule has 0 fully saturated rings. The van der Waals surface area contributed by atoms with E-state index in [1.807, 2.05) is 25.5 Å². The normalized spacial score (nSPS) is 12.0. The largest absolute Gasteiger partial charge is 0.508 e. The summed E-state index contributed by atoms with van der Waals surface area (Å²) >= 11 is 0. The van der Waals surface area contributed by atoms with E-state index in [2.05, 4.69) is 45.9 Å². The third kappa shape index (κ3) is 5.47. The van der Waals surface area contributed by atoms with Gasteiger partial charge in [0.15, 0.2) is 0 Å². The summed E-state index contributed by atoms with van der Waals surface area (Å²) in [5.41, 5.74) is 7.43. The number of phenols is 1. The molecule has 0 heterocycles. The summed E-state index contributed by atoms with van der Waals surface area (Å²) in [6.45, 7) is 12.2. The van der Waals surface area contributed by atoms with E-state index in [0.717, 1.165) is 24.6 Å². The Morgan fingerprint density at radius 2 is 1.60 bits per heavy atom. The average Bonchev–Trinajstić information content (AvgIpc) is 2.49. The summed E-state index contributed by atoms with van der Waals surface area (Å²) in [5.74, 6) is 0.689. The van der Waals surface area contributed by atoms with E-state index in [9.17, 15) is 9.67 Å². The van der Waals surface area contributed by atoms with Gasteiger partial charge in [-0.05, 0) is 85.4 Å². The minimum absolute atomic E-state index is 0.309. The molecule has 0 saturated carbocycles. The van der Waals surface area contributed by atoms with Crippen LogP contribution >= 0.6 is 7.14 Å². The molecular formula is C22H31O2P. The van der Waals surface area contributed by atoms with Crippen molar-refractivity contribution in [3.63, 3.8) is 0 Å². The molecule has 3 heteroatoms. The maximum absolute atomic E-state index is 12.0. The van der Waals surface area contributed by atoms with Gasteiger partial charge in [0.2, 0.25) is 0 Å². The van der Waals surface area contributed by atoms with Crippen molar-refractivity contribution < 1.29 is 9.67 Å². The van der Waals surface area contributed by atoms with E-state index in [4.69, 9.17) is 0 Å². The standard InChI is InChI=1S/C22H31O2P/c1-15(2)20-13-18(7-8-22(20)23)14-21-16(3)11-19(12-17(21)4)9-10-25(5,6)24/h7-8,11-13,15,23H,9-10,14H2,1-6H3. The van der Waals surface area contributed by atoms with Crippen molar-refractivity contribution in [2.24, 2.45) is 0 Å². The SMILES string of the molecule is Cc1cc(CCP(C)(C)=O)cc(C)c1Cc1ccc(O)c(C(C)C)c1. The van der Waals surface area contributed by atoms with Gasteiger partial charge in [-0.15, -0.1) is 0 Å². The van der Waals surface area contributed by atoms with Gasteiger partial charge in [-0.3, -0.25) is 0 Å². The van der Waals surface area contributed by atoms with Crippen LogP contribution in [0.1, 0.15) is 53.1 Å². The third-order valence-corrected chi connectivity index (χ3v) is 6.09. The highest BCUT2D eigenvalue weighted by molar-refractivity contribution is 7.62. The van der Waals surface area contributed by atoms with Gasteiger partial charge >= 0.3 is 0 Å².